The fourth-order valence-corrected chi connectivity index (χ4v) is 0.812. The number of carbonyl (C=O) groups excluding carboxylic acids is 3. The van der Waals surface area contributed by atoms with E-state index in [-0.39, 0.29) is 12.8 Å². The van der Waals surface area contributed by atoms with Crippen molar-refractivity contribution in [2.24, 2.45) is 0 Å². The van der Waals surface area contributed by atoms with Gasteiger partial charge in [0.15, 0.2) is 0 Å². The molecule has 1 fully saturated rings. The molecule has 59 valence electrons. The Hall–Kier alpha value is -1.27. The molecule has 2 amide bonds. The quantitative estimate of drug-likeness (QED) is 0.319. The van der Waals surface area contributed by atoms with Gasteiger partial charge in [-0.05, 0) is 0 Å². The zero-order valence-corrected chi connectivity index (χ0v) is 5.44. The number of nitrogens with zero attached hydrogens (tertiary/aromatic N) is 1. The predicted octanol–water partition coefficient (Wildman–Crippen LogP) is -0.962. The number of hydrogen-bond donors (Lipinski definition) is 1. The summed E-state index contributed by atoms with van der Waals surface area (Å²) in [6.07, 6.45) is -0.228. The van der Waals surface area contributed by atoms with Gasteiger partial charge in [-0.3, -0.25) is 0 Å². The Labute approximate surface area is 61.5 Å². The molecule has 1 saturated heterocycles. The van der Waals surface area contributed by atoms with E-state index in [0.717, 1.165) is 6.47 Å². The van der Waals surface area contributed by atoms with Crippen molar-refractivity contribution in [1.29, 1.82) is 0 Å². The van der Waals surface area contributed by atoms with E-state index in [1.807, 2.05) is 0 Å². The SMILES string of the molecule is O=[C]O[N+]1(O)C(=O)CCC1=O. The van der Waals surface area contributed by atoms with Crippen molar-refractivity contribution in [3.05, 3.63) is 0 Å². The van der Waals surface area contributed by atoms with Gasteiger partial charge in [0.1, 0.15) is 4.81 Å². The molecule has 1 N–H and O–H groups in total. The van der Waals surface area contributed by atoms with E-state index in [9.17, 15) is 14.4 Å². The molecule has 0 aromatic carbocycles. The molecule has 11 heavy (non-hydrogen) atoms. The summed E-state index contributed by atoms with van der Waals surface area (Å²) in [5.41, 5.74) is 0. The number of quaternary nitrogens is 1. The minimum atomic E-state index is -1.89. The Bertz CT molecular complexity index is 207. The zero-order chi connectivity index (χ0) is 8.48. The van der Waals surface area contributed by atoms with Crippen LogP contribution in [0.15, 0.2) is 0 Å². The first-order valence-corrected chi connectivity index (χ1v) is 2.85. The Morgan fingerprint density at radius 3 is 2.18 bits per heavy atom. The first kappa shape index (κ1) is 7.83. The van der Waals surface area contributed by atoms with Crippen LogP contribution in [0.2, 0.25) is 0 Å². The number of hydroxylamine groups is 4. The fraction of sp³-hybridized carbons (Fsp3) is 0.400. The van der Waals surface area contributed by atoms with E-state index in [4.69, 9.17) is 5.21 Å². The van der Waals surface area contributed by atoms with Crippen LogP contribution in [0.5, 0.6) is 0 Å². The Morgan fingerprint density at radius 2 is 1.82 bits per heavy atom. The smallest absolute Gasteiger partial charge is 0.231 e. The summed E-state index contributed by atoms with van der Waals surface area (Å²) in [6.45, 7) is 0.842. The molecule has 1 heterocycles. The second-order valence-electron chi connectivity index (χ2n) is 2.04. The summed E-state index contributed by atoms with van der Waals surface area (Å²) >= 11 is 0. The zero-order valence-electron chi connectivity index (χ0n) is 5.44. The summed E-state index contributed by atoms with van der Waals surface area (Å²) in [7, 11) is 0. The number of amides is 2. The first-order valence-electron chi connectivity index (χ1n) is 2.85. The average Bonchev–Trinajstić information content (AvgIpc) is 2.19. The molecule has 0 aromatic heterocycles. The van der Waals surface area contributed by atoms with Gasteiger partial charge in [-0.15, -0.1) is 0 Å². The summed E-state index contributed by atoms with van der Waals surface area (Å²) in [6, 6.07) is 0. The lowest BCUT2D eigenvalue weighted by molar-refractivity contribution is -1.11. The number of carbonyl (C=O) groups is 2. The second-order valence-corrected chi connectivity index (χ2v) is 2.04. The van der Waals surface area contributed by atoms with Gasteiger partial charge in [0.2, 0.25) is 0 Å². The maximum Gasteiger partial charge on any atom is 0.486 e. The fourth-order valence-electron chi connectivity index (χ4n) is 0.812. The topological polar surface area (TPSA) is 80.7 Å². The number of imide groups is 1. The van der Waals surface area contributed by atoms with Crippen LogP contribution in [0.25, 0.3) is 0 Å². The highest BCUT2D eigenvalue weighted by molar-refractivity contribution is 5.90. The Morgan fingerprint density at radius 1 is 1.36 bits per heavy atom. The lowest BCUT2D eigenvalue weighted by Gasteiger charge is -2.10. The summed E-state index contributed by atoms with van der Waals surface area (Å²) in [5, 5.41) is 8.98. The third kappa shape index (κ3) is 1.02. The van der Waals surface area contributed by atoms with E-state index in [0.29, 0.717) is 0 Å². The monoisotopic (exact) mass is 159 g/mol. The first-order chi connectivity index (χ1) is 5.11. The van der Waals surface area contributed by atoms with Crippen LogP contribution in [0, 0.1) is 0 Å². The van der Waals surface area contributed by atoms with Gasteiger partial charge in [0.25, 0.3) is 0 Å². The van der Waals surface area contributed by atoms with Crippen molar-refractivity contribution in [2.45, 2.75) is 12.8 Å². The molecule has 6 nitrogen and oxygen atoms in total. The second kappa shape index (κ2) is 2.40. The molecule has 0 aromatic rings. The third-order valence-corrected chi connectivity index (χ3v) is 1.40. The average molecular weight is 159 g/mol. The van der Waals surface area contributed by atoms with Crippen molar-refractivity contribution in [3.63, 3.8) is 0 Å². The van der Waals surface area contributed by atoms with Gasteiger partial charge in [-0.1, -0.05) is 0 Å². The molecule has 0 spiro atoms. The maximum atomic E-state index is 10.7. The molecule has 1 radical (unpaired) electrons. The van der Waals surface area contributed by atoms with Gasteiger partial charge < -0.3 is 0 Å². The molecular weight excluding hydrogens is 154 g/mol. The molecule has 1 aliphatic heterocycles. The Balaban J connectivity index is 2.88. The van der Waals surface area contributed by atoms with Crippen LogP contribution in [-0.4, -0.2) is 28.3 Å². The van der Waals surface area contributed by atoms with Crippen LogP contribution < -0.4 is 0 Å². The molecule has 1 rings (SSSR count). The van der Waals surface area contributed by atoms with E-state index in [2.05, 4.69) is 4.84 Å². The molecule has 0 saturated carbocycles. The maximum absolute atomic E-state index is 10.7. The Kier molecular flexibility index (Phi) is 1.71. The number of hydrogen-bond acceptors (Lipinski definition) is 5. The largest absolute Gasteiger partial charge is 0.486 e. The van der Waals surface area contributed by atoms with Gasteiger partial charge in [-0.25, -0.2) is 19.2 Å². The lowest BCUT2D eigenvalue weighted by Crippen LogP contribution is -2.48. The van der Waals surface area contributed by atoms with Crippen LogP contribution in [-0.2, 0) is 19.2 Å². The standard InChI is InChI=1S/C5H5NO5/c7-3-11-6(10)4(8)1-2-5(6)9/h10H,1-2H2/q+1. The lowest BCUT2D eigenvalue weighted by atomic mass is 10.4. The molecule has 1 aliphatic rings. The number of rotatable bonds is 2. The van der Waals surface area contributed by atoms with E-state index < -0.39 is 16.6 Å². The minimum absolute atomic E-state index is 0.114. The van der Waals surface area contributed by atoms with E-state index in [1.165, 1.54) is 0 Å². The predicted molar refractivity (Wildman–Crippen MR) is 28.1 cm³/mol. The summed E-state index contributed by atoms with van der Waals surface area (Å²) in [4.78, 5) is 32.9. The van der Waals surface area contributed by atoms with Crippen molar-refractivity contribution >= 4 is 18.3 Å². The van der Waals surface area contributed by atoms with Gasteiger partial charge in [0.05, 0.1) is 12.8 Å². The third-order valence-electron chi connectivity index (χ3n) is 1.40. The van der Waals surface area contributed by atoms with Crippen molar-refractivity contribution < 1.29 is 29.2 Å². The molecule has 0 bridgehead atoms. The van der Waals surface area contributed by atoms with E-state index >= 15 is 0 Å². The normalized spacial score (nSPS) is 21.9. The highest BCUT2D eigenvalue weighted by Gasteiger charge is 2.54. The molecule has 0 atom stereocenters. The molecule has 0 unspecified atom stereocenters. The van der Waals surface area contributed by atoms with Gasteiger partial charge >= 0.3 is 18.3 Å². The summed E-state index contributed by atoms with van der Waals surface area (Å²) in [5.74, 6) is -1.70. The van der Waals surface area contributed by atoms with Crippen molar-refractivity contribution in [2.75, 3.05) is 0 Å². The van der Waals surface area contributed by atoms with Crippen LogP contribution in [0.4, 0.5) is 0 Å². The highest BCUT2D eigenvalue weighted by Crippen LogP contribution is 2.19. The van der Waals surface area contributed by atoms with Crippen LogP contribution >= 0.6 is 0 Å². The molecule has 0 aliphatic carbocycles. The van der Waals surface area contributed by atoms with Crippen LogP contribution in [0.3, 0.4) is 0 Å². The van der Waals surface area contributed by atoms with E-state index in [1.54, 1.807) is 0 Å². The minimum Gasteiger partial charge on any atom is -0.231 e. The van der Waals surface area contributed by atoms with Gasteiger partial charge in [-0.2, -0.15) is 5.21 Å². The van der Waals surface area contributed by atoms with Gasteiger partial charge in [0, 0.05) is 0 Å². The molecular formula is C5H5NO5+. The van der Waals surface area contributed by atoms with Crippen molar-refractivity contribution in [1.82, 2.24) is 0 Å². The van der Waals surface area contributed by atoms with Crippen LogP contribution in [0.1, 0.15) is 12.8 Å². The molecule has 6 heteroatoms. The summed E-state index contributed by atoms with van der Waals surface area (Å²) < 4.78 is 0. The van der Waals surface area contributed by atoms with Crippen molar-refractivity contribution in [3.8, 4) is 0 Å². The highest BCUT2D eigenvalue weighted by atomic mass is 16.9.